The fourth-order valence-electron chi connectivity index (χ4n) is 0.841. The van der Waals surface area contributed by atoms with Crippen LogP contribution in [0.15, 0.2) is 60.7 Å². The van der Waals surface area contributed by atoms with Crippen LogP contribution in [-0.4, -0.2) is 113 Å². The molecular weight excluding hydrogens is 454 g/mol. The van der Waals surface area contributed by atoms with Crippen LogP contribution >= 0.6 is 16.5 Å². The summed E-state index contributed by atoms with van der Waals surface area (Å²) in [6, 6.07) is 16.7. The van der Waals surface area contributed by atoms with E-state index in [-0.39, 0.29) is 125 Å². The zero-order valence-electron chi connectivity index (χ0n) is 13.2. The fraction of sp³-hybridized carbons (Fsp3) is 0. The zero-order chi connectivity index (χ0) is 17.4. The fourth-order valence-corrected chi connectivity index (χ4v) is 0.841. The van der Waals surface area contributed by atoms with Crippen LogP contribution in [0.25, 0.3) is 0 Å². The first-order chi connectivity index (χ1) is 10.3. The third kappa shape index (κ3) is 46.3. The summed E-state index contributed by atoms with van der Waals surface area (Å²) in [5.41, 5.74) is 0. The molecule has 0 aliphatic rings. The summed E-state index contributed by atoms with van der Waals surface area (Å²) < 4.78 is 17.0. The van der Waals surface area contributed by atoms with E-state index in [1.807, 2.05) is 12.1 Å². The first-order valence-electron chi connectivity index (χ1n) is 5.45. The third-order valence-electron chi connectivity index (χ3n) is 1.49. The van der Waals surface area contributed by atoms with Crippen molar-refractivity contribution in [2.45, 2.75) is 0 Å². The van der Waals surface area contributed by atoms with Gasteiger partial charge < -0.3 is 38.9 Å². The Morgan fingerprint density at radius 2 is 0.680 bits per heavy atom. The Bertz CT molecular complexity index is 477. The minimum Gasteiger partial charge on any atom is -0.872 e. The molecule has 0 saturated heterocycles. The van der Waals surface area contributed by atoms with Crippen molar-refractivity contribution in [3.8, 4) is 11.5 Å². The van der Waals surface area contributed by atoms with Crippen LogP contribution < -0.4 is 29.8 Å². The SMILES string of the molecule is O=[PH]([O-])[O-].O=[PH]([O-])[O-].[Ca+2].[Ca+2].[Ca+2].[O-]c1ccccc1.[O-]c1ccccc1. The molecule has 0 amide bonds. The molecule has 0 unspecified atom stereocenters. The molecule has 0 bridgehead atoms. The van der Waals surface area contributed by atoms with E-state index >= 15 is 0 Å². The molecule has 2 rings (SSSR count). The van der Waals surface area contributed by atoms with Gasteiger partial charge in [0.1, 0.15) is 0 Å². The first kappa shape index (κ1) is 37.8. The third-order valence-corrected chi connectivity index (χ3v) is 1.49. The number of benzene rings is 2. The molecule has 13 heteroatoms. The molecule has 0 heterocycles. The van der Waals surface area contributed by atoms with Crippen molar-refractivity contribution in [1.82, 2.24) is 0 Å². The van der Waals surface area contributed by atoms with Crippen molar-refractivity contribution in [3.05, 3.63) is 60.7 Å². The van der Waals surface area contributed by atoms with Gasteiger partial charge in [-0.1, -0.05) is 77.2 Å². The Hall–Kier alpha value is 2.12. The first-order valence-corrected chi connectivity index (χ1v) is 7.90. The van der Waals surface area contributed by atoms with Crippen molar-refractivity contribution in [2.24, 2.45) is 0 Å². The van der Waals surface area contributed by atoms with Crippen molar-refractivity contribution in [1.29, 1.82) is 0 Å². The summed E-state index contributed by atoms with van der Waals surface area (Å²) >= 11 is 0. The largest absolute Gasteiger partial charge is 2.00 e. The second-order valence-electron chi connectivity index (χ2n) is 3.13. The number of hydrogen-bond acceptors (Lipinski definition) is 8. The normalized spacial score (nSPS) is 7.60. The van der Waals surface area contributed by atoms with E-state index in [4.69, 9.17) is 28.7 Å². The monoisotopic (exact) mass is 466 g/mol. The smallest absolute Gasteiger partial charge is 0.872 e. The van der Waals surface area contributed by atoms with Crippen LogP contribution in [0, 0.1) is 0 Å². The van der Waals surface area contributed by atoms with Gasteiger partial charge in [0.15, 0.2) is 0 Å². The Balaban J connectivity index is -0.0000000709. The summed E-state index contributed by atoms with van der Waals surface area (Å²) in [6.07, 6.45) is 0. The molecule has 0 aliphatic heterocycles. The van der Waals surface area contributed by atoms with Gasteiger partial charge in [-0.05, 0) is 0 Å². The maximum absolute atomic E-state index is 10.3. The summed E-state index contributed by atoms with van der Waals surface area (Å²) in [7, 11) is -7.26. The Morgan fingerprint density at radius 1 is 0.520 bits per heavy atom. The summed E-state index contributed by atoms with van der Waals surface area (Å²) in [4.78, 5) is 34.1. The average molecular weight is 466 g/mol. The Morgan fingerprint density at radius 3 is 0.760 bits per heavy atom. The van der Waals surface area contributed by atoms with E-state index in [0.29, 0.717) is 0 Å². The van der Waals surface area contributed by atoms with Gasteiger partial charge >= 0.3 is 113 Å². The molecule has 124 valence electrons. The number of para-hydroxylation sites is 2. The van der Waals surface area contributed by atoms with E-state index in [9.17, 15) is 10.2 Å². The topological polar surface area (TPSA) is 172 Å². The van der Waals surface area contributed by atoms with Gasteiger partial charge in [0.25, 0.3) is 0 Å². The van der Waals surface area contributed by atoms with Crippen molar-refractivity contribution in [3.63, 3.8) is 0 Å². The van der Waals surface area contributed by atoms with E-state index < -0.39 is 16.5 Å². The molecule has 0 N–H and O–H groups in total. The Kier molecular flexibility index (Phi) is 42.9. The summed E-state index contributed by atoms with van der Waals surface area (Å²) in [6.45, 7) is 0. The van der Waals surface area contributed by atoms with E-state index in [0.717, 1.165) is 0 Å². The van der Waals surface area contributed by atoms with Crippen molar-refractivity contribution < 1.29 is 38.9 Å². The minimum absolute atomic E-state index is 0. The molecule has 0 aromatic heterocycles. The van der Waals surface area contributed by atoms with Crippen molar-refractivity contribution in [2.75, 3.05) is 0 Å². The average Bonchev–Trinajstić information content (AvgIpc) is 2.40. The predicted molar refractivity (Wildman–Crippen MR) is 87.0 cm³/mol. The van der Waals surface area contributed by atoms with Gasteiger partial charge in [-0.3, -0.25) is 0 Å². The zero-order valence-corrected chi connectivity index (χ0v) is 21.8. The quantitative estimate of drug-likeness (QED) is 0.285. The van der Waals surface area contributed by atoms with Crippen LogP contribution in [0.2, 0.25) is 0 Å². The molecule has 8 nitrogen and oxygen atoms in total. The minimum atomic E-state index is -3.63. The molecule has 2 aromatic carbocycles. The summed E-state index contributed by atoms with van der Waals surface area (Å²) in [5, 5.41) is 20.5. The molecule has 2 aromatic rings. The molecular formula is C12H12Ca3O8P2. The second kappa shape index (κ2) is 28.3. The maximum Gasteiger partial charge on any atom is 2.00 e. The van der Waals surface area contributed by atoms with Crippen LogP contribution in [0.1, 0.15) is 0 Å². The van der Waals surface area contributed by atoms with Crippen LogP contribution in [-0.2, 0) is 9.13 Å². The maximum atomic E-state index is 10.3. The molecule has 25 heavy (non-hydrogen) atoms. The molecule has 0 fully saturated rings. The molecule has 0 atom stereocenters. The van der Waals surface area contributed by atoms with Crippen LogP contribution in [0.5, 0.6) is 11.5 Å². The van der Waals surface area contributed by atoms with Gasteiger partial charge in [0.2, 0.25) is 0 Å². The van der Waals surface area contributed by atoms with Gasteiger partial charge in [0, 0.05) is 0 Å². The predicted octanol–water partition coefficient (Wildman–Crippen LogP) is -3.43. The van der Waals surface area contributed by atoms with E-state index in [1.165, 1.54) is 24.3 Å². The standard InChI is InChI=1S/2C6H6O.3Ca.2H3O3P/c2*7-6-4-2-1-3-5-6;;;;2*1-4(2)3/h2*1-5,7H;;;;2*4H,(H2,1,2,3)/q;;3*+2;;/p-6. The van der Waals surface area contributed by atoms with E-state index in [1.54, 1.807) is 24.3 Å². The molecule has 0 radical (unpaired) electrons. The van der Waals surface area contributed by atoms with Crippen molar-refractivity contribution >= 4 is 130 Å². The van der Waals surface area contributed by atoms with Gasteiger partial charge in [-0.25, -0.2) is 0 Å². The molecule has 0 spiro atoms. The second-order valence-corrected chi connectivity index (χ2v) is 4.13. The van der Waals surface area contributed by atoms with Gasteiger partial charge in [-0.15, -0.1) is 11.5 Å². The Labute approximate surface area is 236 Å². The number of rotatable bonds is 0. The molecule has 0 saturated carbocycles. The van der Waals surface area contributed by atoms with Crippen LogP contribution in [0.4, 0.5) is 0 Å². The number of hydrogen-bond donors (Lipinski definition) is 0. The van der Waals surface area contributed by atoms with E-state index in [2.05, 4.69) is 0 Å². The van der Waals surface area contributed by atoms with Gasteiger partial charge in [0.05, 0.1) is 0 Å². The molecule has 0 aliphatic carbocycles. The summed E-state index contributed by atoms with van der Waals surface area (Å²) in [5.74, 6) is 0.144. The van der Waals surface area contributed by atoms with Crippen LogP contribution in [0.3, 0.4) is 0 Å². The van der Waals surface area contributed by atoms with Gasteiger partial charge in [-0.2, -0.15) is 0 Å².